The summed E-state index contributed by atoms with van der Waals surface area (Å²) in [5.41, 5.74) is 0.643. The number of hydrogen-bond acceptors (Lipinski definition) is 5. The molecule has 0 aliphatic heterocycles. The van der Waals surface area contributed by atoms with Gasteiger partial charge in [0.1, 0.15) is 5.82 Å². The molecule has 4 nitrogen and oxygen atoms in total. The Hall–Kier alpha value is -1.47. The Morgan fingerprint density at radius 2 is 2.16 bits per heavy atom. The second-order valence-corrected chi connectivity index (χ2v) is 9.14. The van der Waals surface area contributed by atoms with Gasteiger partial charge >= 0.3 is 0 Å². The Labute approximate surface area is 154 Å². The van der Waals surface area contributed by atoms with E-state index in [4.69, 9.17) is 0 Å². The van der Waals surface area contributed by atoms with Crippen LogP contribution >= 0.6 is 23.1 Å². The number of nitrogens with zero attached hydrogens (tertiary/aromatic N) is 2. The van der Waals surface area contributed by atoms with Crippen LogP contribution in [0.2, 0.25) is 0 Å². The van der Waals surface area contributed by atoms with E-state index in [1.54, 1.807) is 12.1 Å². The maximum atomic E-state index is 13.6. The molecule has 2 aliphatic carbocycles. The molecule has 3 atom stereocenters. The first kappa shape index (κ1) is 17.0. The van der Waals surface area contributed by atoms with Crippen LogP contribution in [0.4, 0.5) is 9.52 Å². The quantitative estimate of drug-likeness (QED) is 0.584. The average Bonchev–Trinajstić information content (AvgIpc) is 3.31. The Morgan fingerprint density at radius 1 is 1.28 bits per heavy atom. The number of benzene rings is 1. The highest BCUT2D eigenvalue weighted by molar-refractivity contribution is 8.00. The lowest BCUT2D eigenvalue weighted by Crippen LogP contribution is -2.20. The largest absolute Gasteiger partial charge is 0.300 e. The van der Waals surface area contributed by atoms with Gasteiger partial charge in [-0.25, -0.2) is 4.39 Å². The van der Waals surface area contributed by atoms with Crippen molar-refractivity contribution in [3.05, 3.63) is 35.6 Å². The normalized spacial score (nSPS) is 24.6. The third kappa shape index (κ3) is 4.03. The van der Waals surface area contributed by atoms with Gasteiger partial charge in [0, 0.05) is 12.2 Å². The second-order valence-electron chi connectivity index (χ2n) is 6.94. The lowest BCUT2D eigenvalue weighted by atomic mass is 9.86. The minimum Gasteiger partial charge on any atom is -0.300 e. The number of rotatable bonds is 6. The molecule has 7 heteroatoms. The molecule has 132 valence electrons. The molecular formula is C18H20FN3OS2. The van der Waals surface area contributed by atoms with Crippen LogP contribution in [0.3, 0.4) is 0 Å². The van der Waals surface area contributed by atoms with E-state index in [0.717, 1.165) is 16.2 Å². The third-order valence-corrected chi connectivity index (χ3v) is 7.31. The van der Waals surface area contributed by atoms with Gasteiger partial charge in [-0.05, 0) is 48.6 Å². The van der Waals surface area contributed by atoms with Crippen molar-refractivity contribution in [3.63, 3.8) is 0 Å². The number of nitrogens with one attached hydrogen (secondary N) is 1. The zero-order chi connectivity index (χ0) is 17.2. The van der Waals surface area contributed by atoms with Crippen LogP contribution < -0.4 is 5.32 Å². The molecule has 2 fully saturated rings. The summed E-state index contributed by atoms with van der Waals surface area (Å²) < 4.78 is 14.4. The number of hydrogen-bond donors (Lipinski definition) is 1. The predicted octanol–water partition coefficient (Wildman–Crippen LogP) is 4.73. The first-order valence-electron chi connectivity index (χ1n) is 8.67. The Balaban J connectivity index is 1.28. The minimum atomic E-state index is -0.209. The van der Waals surface area contributed by atoms with E-state index >= 15 is 0 Å². The Morgan fingerprint density at radius 3 is 2.92 bits per heavy atom. The lowest BCUT2D eigenvalue weighted by Gasteiger charge is -2.20. The SMILES string of the molecule is O=C(C[C@H]1C[C@H]2CC[C@@H]1C2)Nc1nnc(SCc2ccccc2F)s1. The standard InChI is InChI=1S/C18H20FN3OS2/c19-15-4-2-1-3-13(15)10-24-18-22-21-17(25-18)20-16(23)9-14-8-11-5-6-12(14)7-11/h1-4,11-12,14H,5-10H2,(H,20,21,23)/t11-,12+,14+/m0/s1. The summed E-state index contributed by atoms with van der Waals surface area (Å²) in [6.07, 6.45) is 5.75. The topological polar surface area (TPSA) is 54.9 Å². The molecule has 4 rings (SSSR count). The molecule has 1 amide bonds. The molecule has 1 aromatic carbocycles. The number of halogens is 1. The van der Waals surface area contributed by atoms with E-state index in [2.05, 4.69) is 15.5 Å². The monoisotopic (exact) mass is 377 g/mol. The average molecular weight is 378 g/mol. The first-order chi connectivity index (χ1) is 12.2. The van der Waals surface area contributed by atoms with E-state index in [1.165, 1.54) is 54.8 Å². The van der Waals surface area contributed by atoms with Crippen LogP contribution in [-0.4, -0.2) is 16.1 Å². The zero-order valence-corrected chi connectivity index (χ0v) is 15.4. The van der Waals surface area contributed by atoms with Crippen molar-refractivity contribution in [2.45, 2.75) is 42.2 Å². The highest BCUT2D eigenvalue weighted by Gasteiger charge is 2.40. The van der Waals surface area contributed by atoms with Crippen molar-refractivity contribution in [2.24, 2.45) is 17.8 Å². The van der Waals surface area contributed by atoms with Crippen molar-refractivity contribution >= 4 is 34.1 Å². The fourth-order valence-corrected chi connectivity index (χ4v) is 5.86. The third-order valence-electron chi connectivity index (χ3n) is 5.29. The molecule has 1 heterocycles. The van der Waals surface area contributed by atoms with Crippen LogP contribution in [0.1, 0.15) is 37.7 Å². The van der Waals surface area contributed by atoms with Crippen molar-refractivity contribution in [1.82, 2.24) is 10.2 Å². The lowest BCUT2D eigenvalue weighted by molar-refractivity contribution is -0.117. The van der Waals surface area contributed by atoms with Crippen LogP contribution in [0.15, 0.2) is 28.6 Å². The van der Waals surface area contributed by atoms with E-state index in [1.807, 2.05) is 6.07 Å². The zero-order valence-electron chi connectivity index (χ0n) is 13.8. The molecule has 0 saturated heterocycles. The number of carbonyl (C=O) groups is 1. The fraction of sp³-hybridized carbons (Fsp3) is 0.500. The van der Waals surface area contributed by atoms with Gasteiger partial charge in [0.25, 0.3) is 0 Å². The van der Waals surface area contributed by atoms with E-state index in [0.29, 0.717) is 28.8 Å². The van der Waals surface area contributed by atoms with Crippen molar-refractivity contribution < 1.29 is 9.18 Å². The molecule has 1 N–H and O–H groups in total. The molecule has 2 aliphatic rings. The maximum Gasteiger partial charge on any atom is 0.226 e. The Kier molecular flexibility index (Phi) is 5.03. The Bertz CT molecular complexity index is 766. The molecule has 2 saturated carbocycles. The molecule has 2 bridgehead atoms. The van der Waals surface area contributed by atoms with Crippen molar-refractivity contribution in [3.8, 4) is 0 Å². The number of carbonyl (C=O) groups excluding carboxylic acids is 1. The molecular weight excluding hydrogens is 357 g/mol. The molecule has 1 aromatic heterocycles. The number of fused-ring (bicyclic) bond motifs is 2. The smallest absolute Gasteiger partial charge is 0.226 e. The van der Waals surface area contributed by atoms with Gasteiger partial charge in [0.15, 0.2) is 4.34 Å². The second kappa shape index (κ2) is 7.41. The van der Waals surface area contributed by atoms with Gasteiger partial charge in [-0.15, -0.1) is 10.2 Å². The summed E-state index contributed by atoms with van der Waals surface area (Å²) in [6.45, 7) is 0. The highest BCUT2D eigenvalue weighted by atomic mass is 32.2. The van der Waals surface area contributed by atoms with E-state index in [-0.39, 0.29) is 11.7 Å². The summed E-state index contributed by atoms with van der Waals surface area (Å²) in [6, 6.07) is 6.72. The molecule has 2 aromatic rings. The summed E-state index contributed by atoms with van der Waals surface area (Å²) in [4.78, 5) is 12.2. The summed E-state index contributed by atoms with van der Waals surface area (Å²) in [5.74, 6) is 2.48. The van der Waals surface area contributed by atoms with Gasteiger partial charge in [0.2, 0.25) is 11.0 Å². The van der Waals surface area contributed by atoms with Crippen molar-refractivity contribution in [2.75, 3.05) is 5.32 Å². The number of aromatic nitrogens is 2. The van der Waals surface area contributed by atoms with Crippen molar-refractivity contribution in [1.29, 1.82) is 0 Å². The van der Waals surface area contributed by atoms with Gasteiger partial charge in [-0.3, -0.25) is 4.79 Å². The highest BCUT2D eigenvalue weighted by Crippen LogP contribution is 2.49. The summed E-state index contributed by atoms with van der Waals surface area (Å²) in [7, 11) is 0. The van der Waals surface area contributed by atoms with Crippen LogP contribution in [-0.2, 0) is 10.5 Å². The van der Waals surface area contributed by atoms with Crippen LogP contribution in [0.5, 0.6) is 0 Å². The van der Waals surface area contributed by atoms with E-state index < -0.39 is 0 Å². The van der Waals surface area contributed by atoms with Crippen LogP contribution in [0.25, 0.3) is 0 Å². The van der Waals surface area contributed by atoms with Gasteiger partial charge < -0.3 is 5.32 Å². The van der Waals surface area contributed by atoms with Gasteiger partial charge in [0.05, 0.1) is 0 Å². The predicted molar refractivity (Wildman–Crippen MR) is 98.1 cm³/mol. The first-order valence-corrected chi connectivity index (χ1v) is 10.5. The fourth-order valence-electron chi connectivity index (χ4n) is 4.11. The molecule has 0 radical (unpaired) electrons. The number of anilines is 1. The van der Waals surface area contributed by atoms with Crippen LogP contribution in [0, 0.1) is 23.6 Å². The number of thioether (sulfide) groups is 1. The minimum absolute atomic E-state index is 0.0411. The number of amides is 1. The van der Waals surface area contributed by atoms with E-state index in [9.17, 15) is 9.18 Å². The molecule has 0 spiro atoms. The summed E-state index contributed by atoms with van der Waals surface area (Å²) in [5, 5.41) is 11.5. The molecule has 0 unspecified atom stereocenters. The summed E-state index contributed by atoms with van der Waals surface area (Å²) >= 11 is 2.78. The maximum absolute atomic E-state index is 13.6. The van der Waals surface area contributed by atoms with Gasteiger partial charge in [-0.2, -0.15) is 0 Å². The van der Waals surface area contributed by atoms with Gasteiger partial charge in [-0.1, -0.05) is 47.7 Å². The molecule has 25 heavy (non-hydrogen) atoms.